The quantitative estimate of drug-likeness (QED) is 0.465. The van der Waals surface area contributed by atoms with Gasteiger partial charge in [0.2, 0.25) is 0 Å². The topological polar surface area (TPSA) is 41.6 Å². The van der Waals surface area contributed by atoms with Crippen LogP contribution in [-0.4, -0.2) is 35.2 Å². The number of likely N-dealkylation sites (tertiary alicyclic amines) is 1. The number of rotatable bonds is 3. The Morgan fingerprint density at radius 1 is 1.28 bits per heavy atom. The fraction of sp³-hybridized carbons (Fsp3) is 0.684. The van der Waals surface area contributed by atoms with Crippen molar-refractivity contribution in [2.45, 2.75) is 71.3 Å². The van der Waals surface area contributed by atoms with Gasteiger partial charge in [-0.15, -0.1) is 11.3 Å². The number of thiophene rings is 1. The third-order valence-corrected chi connectivity index (χ3v) is 6.73. The van der Waals surface area contributed by atoms with Gasteiger partial charge in [0.1, 0.15) is 5.00 Å². The molecule has 1 aliphatic heterocycles. The molecular weight excluding hydrogens is 352 g/mol. The molecule has 0 radical (unpaired) electrons. The zero-order valence-electron chi connectivity index (χ0n) is 15.2. The first-order valence-electron chi connectivity index (χ1n) is 9.51. The first kappa shape index (κ1) is 18.6. The van der Waals surface area contributed by atoms with Crippen molar-refractivity contribution in [3.63, 3.8) is 0 Å². The largest absolute Gasteiger partial charge is 0.462 e. The van der Waals surface area contributed by atoms with Gasteiger partial charge in [0.05, 0.1) is 12.2 Å². The van der Waals surface area contributed by atoms with Gasteiger partial charge in [-0.05, 0) is 76.6 Å². The summed E-state index contributed by atoms with van der Waals surface area (Å²) in [4.78, 5) is 16.2. The normalized spacial score (nSPS) is 20.6. The molecule has 0 saturated carbocycles. The van der Waals surface area contributed by atoms with Crippen LogP contribution in [0.25, 0.3) is 0 Å². The molecule has 1 N–H and O–H groups in total. The number of fused-ring (bicyclic) bond motifs is 1. The molecule has 1 unspecified atom stereocenters. The Morgan fingerprint density at radius 2 is 2.08 bits per heavy atom. The van der Waals surface area contributed by atoms with E-state index in [-0.39, 0.29) is 5.97 Å². The second kappa shape index (κ2) is 8.49. The van der Waals surface area contributed by atoms with Crippen molar-refractivity contribution in [3.05, 3.63) is 16.0 Å². The van der Waals surface area contributed by atoms with Gasteiger partial charge in [-0.1, -0.05) is 6.42 Å². The van der Waals surface area contributed by atoms with E-state index in [4.69, 9.17) is 17.0 Å². The fourth-order valence-electron chi connectivity index (χ4n) is 3.82. The lowest BCUT2D eigenvalue weighted by Crippen LogP contribution is -2.44. The summed E-state index contributed by atoms with van der Waals surface area (Å²) in [6, 6.07) is 0.456. The highest BCUT2D eigenvalue weighted by Gasteiger charge is 2.28. The maximum absolute atomic E-state index is 12.6. The number of carbonyl (C=O) groups is 1. The lowest BCUT2D eigenvalue weighted by atomic mass is 10.0. The second-order valence-corrected chi connectivity index (χ2v) is 8.45. The number of anilines is 1. The molecule has 1 aromatic heterocycles. The predicted molar refractivity (Wildman–Crippen MR) is 108 cm³/mol. The van der Waals surface area contributed by atoms with Crippen LogP contribution in [-0.2, 0) is 17.6 Å². The van der Waals surface area contributed by atoms with Gasteiger partial charge in [0.15, 0.2) is 5.11 Å². The molecule has 0 bridgehead atoms. The number of piperidine rings is 1. The van der Waals surface area contributed by atoms with Crippen molar-refractivity contribution < 1.29 is 9.53 Å². The van der Waals surface area contributed by atoms with Crippen LogP contribution in [0.15, 0.2) is 0 Å². The highest BCUT2D eigenvalue weighted by atomic mass is 32.1. The molecule has 0 spiro atoms. The summed E-state index contributed by atoms with van der Waals surface area (Å²) in [6.07, 6.45) is 9.21. The molecule has 3 rings (SSSR count). The number of ether oxygens (including phenoxy) is 1. The number of carbonyl (C=O) groups excluding carboxylic acids is 1. The Balaban J connectivity index is 1.86. The summed E-state index contributed by atoms with van der Waals surface area (Å²) in [5, 5.41) is 5.03. The highest BCUT2D eigenvalue weighted by Crippen LogP contribution is 2.38. The van der Waals surface area contributed by atoms with E-state index in [1.54, 1.807) is 11.3 Å². The van der Waals surface area contributed by atoms with E-state index in [0.29, 0.717) is 12.6 Å². The fourth-order valence-corrected chi connectivity index (χ4v) is 5.53. The summed E-state index contributed by atoms with van der Waals surface area (Å²) in [7, 11) is 0. The molecule has 1 saturated heterocycles. The Bertz CT molecular complexity index is 642. The standard InChI is InChI=1S/C19H28N2O2S2/c1-3-23-18(22)16-14-10-5-4-6-11-15(14)25-17(16)20-19(24)21-12-8-7-9-13(21)2/h13H,3-12H2,1-2H3,(H,20,24). The molecule has 1 fully saturated rings. The molecule has 0 aromatic carbocycles. The number of aryl methyl sites for hydroxylation is 1. The molecule has 1 atom stereocenters. The summed E-state index contributed by atoms with van der Waals surface area (Å²) in [6.45, 7) is 5.47. The molecule has 2 aliphatic rings. The predicted octanol–water partition coefficient (Wildman–Crippen LogP) is 4.76. The van der Waals surface area contributed by atoms with Crippen LogP contribution < -0.4 is 5.32 Å². The van der Waals surface area contributed by atoms with E-state index in [1.165, 1.54) is 42.5 Å². The number of nitrogens with zero attached hydrogens (tertiary/aromatic N) is 1. The first-order valence-corrected chi connectivity index (χ1v) is 10.7. The van der Waals surface area contributed by atoms with E-state index in [0.717, 1.165) is 41.5 Å². The van der Waals surface area contributed by atoms with E-state index in [9.17, 15) is 4.79 Å². The average molecular weight is 381 g/mol. The Hall–Kier alpha value is -1.14. The molecule has 138 valence electrons. The number of thiocarbonyl (C=S) groups is 1. The van der Waals surface area contributed by atoms with Crippen LogP contribution in [0.5, 0.6) is 0 Å². The zero-order chi connectivity index (χ0) is 17.8. The molecule has 2 heterocycles. The third-order valence-electron chi connectivity index (χ3n) is 5.19. The van der Waals surface area contributed by atoms with Crippen molar-refractivity contribution in [1.29, 1.82) is 0 Å². The zero-order valence-corrected chi connectivity index (χ0v) is 16.9. The van der Waals surface area contributed by atoms with Gasteiger partial charge < -0.3 is 15.0 Å². The van der Waals surface area contributed by atoms with Crippen molar-refractivity contribution in [2.24, 2.45) is 0 Å². The van der Waals surface area contributed by atoms with Gasteiger partial charge in [-0.2, -0.15) is 0 Å². The monoisotopic (exact) mass is 380 g/mol. The smallest absolute Gasteiger partial charge is 0.341 e. The van der Waals surface area contributed by atoms with Crippen molar-refractivity contribution in [1.82, 2.24) is 4.90 Å². The molecule has 1 aromatic rings. The lowest BCUT2D eigenvalue weighted by Gasteiger charge is -2.35. The van der Waals surface area contributed by atoms with Crippen LogP contribution in [0.4, 0.5) is 5.00 Å². The highest BCUT2D eigenvalue weighted by molar-refractivity contribution is 7.80. The number of hydrogen-bond acceptors (Lipinski definition) is 4. The SMILES string of the molecule is CCOC(=O)c1c(NC(=S)N2CCCCC2C)sc2c1CCCCC2. The minimum atomic E-state index is -0.209. The van der Waals surface area contributed by atoms with E-state index in [1.807, 2.05) is 6.92 Å². The molecule has 6 heteroatoms. The minimum Gasteiger partial charge on any atom is -0.462 e. The molecular formula is C19H28N2O2S2. The first-order chi connectivity index (χ1) is 12.1. The van der Waals surface area contributed by atoms with Crippen LogP contribution >= 0.6 is 23.6 Å². The van der Waals surface area contributed by atoms with Gasteiger partial charge >= 0.3 is 5.97 Å². The van der Waals surface area contributed by atoms with E-state index < -0.39 is 0 Å². The van der Waals surface area contributed by atoms with Crippen molar-refractivity contribution in [2.75, 3.05) is 18.5 Å². The molecule has 0 amide bonds. The maximum Gasteiger partial charge on any atom is 0.341 e. The Labute approximate surface area is 159 Å². The summed E-state index contributed by atoms with van der Waals surface area (Å²) in [5.74, 6) is -0.209. The lowest BCUT2D eigenvalue weighted by molar-refractivity contribution is 0.0527. The van der Waals surface area contributed by atoms with Crippen LogP contribution in [0.2, 0.25) is 0 Å². The van der Waals surface area contributed by atoms with Gasteiger partial charge in [-0.25, -0.2) is 4.79 Å². The Morgan fingerprint density at radius 3 is 2.84 bits per heavy atom. The van der Waals surface area contributed by atoms with Gasteiger partial charge in [-0.3, -0.25) is 0 Å². The summed E-state index contributed by atoms with van der Waals surface area (Å²) < 4.78 is 5.35. The van der Waals surface area contributed by atoms with Crippen molar-refractivity contribution >= 4 is 39.6 Å². The summed E-state index contributed by atoms with van der Waals surface area (Å²) >= 11 is 7.38. The van der Waals surface area contributed by atoms with E-state index >= 15 is 0 Å². The third kappa shape index (κ3) is 4.17. The van der Waals surface area contributed by atoms with E-state index in [2.05, 4.69) is 17.1 Å². The minimum absolute atomic E-state index is 0.209. The molecule has 1 aliphatic carbocycles. The van der Waals surface area contributed by atoms with Crippen LogP contribution in [0, 0.1) is 0 Å². The molecule has 4 nitrogen and oxygen atoms in total. The second-order valence-electron chi connectivity index (χ2n) is 6.96. The van der Waals surface area contributed by atoms with Gasteiger partial charge in [0, 0.05) is 17.5 Å². The number of esters is 1. The van der Waals surface area contributed by atoms with Gasteiger partial charge in [0.25, 0.3) is 0 Å². The van der Waals surface area contributed by atoms with Crippen molar-refractivity contribution in [3.8, 4) is 0 Å². The maximum atomic E-state index is 12.6. The van der Waals surface area contributed by atoms with Crippen LogP contribution in [0.3, 0.4) is 0 Å². The average Bonchev–Trinajstić information content (AvgIpc) is 2.76. The number of hydrogen-bond donors (Lipinski definition) is 1. The Kier molecular flexibility index (Phi) is 6.34. The summed E-state index contributed by atoms with van der Waals surface area (Å²) in [5.41, 5.74) is 1.92. The number of nitrogens with one attached hydrogen (secondary N) is 1. The van der Waals surface area contributed by atoms with Crippen LogP contribution in [0.1, 0.15) is 73.2 Å². The molecule has 25 heavy (non-hydrogen) atoms.